The minimum absolute atomic E-state index is 0.0394. The average Bonchev–Trinajstić information content (AvgIpc) is 3.04. The lowest BCUT2D eigenvalue weighted by atomic mass is 9.85. The average molecular weight is 415 g/mol. The van der Waals surface area contributed by atoms with Crippen molar-refractivity contribution in [3.05, 3.63) is 85.0 Å². The standard InChI is InChI=1S/C22H22O4S2/c1-17-16-22(21-15-9-8-14-20(17)21,27(23,24)18-10-4-2-5-11-18)28(25,26)19-12-6-3-7-13-19/h2-8,10-14,20-21H,1,9,15-16H2/t20-,21-/m1/s1. The lowest BCUT2D eigenvalue weighted by molar-refractivity contribution is 0.391. The van der Waals surface area contributed by atoms with Crippen LogP contribution in [0.2, 0.25) is 0 Å². The van der Waals surface area contributed by atoms with Gasteiger partial charge in [0.05, 0.1) is 9.79 Å². The maximum absolute atomic E-state index is 13.9. The Morgan fingerprint density at radius 3 is 1.82 bits per heavy atom. The van der Waals surface area contributed by atoms with Crippen molar-refractivity contribution in [3.63, 3.8) is 0 Å². The molecule has 4 rings (SSSR count). The van der Waals surface area contributed by atoms with Gasteiger partial charge < -0.3 is 0 Å². The Kier molecular flexibility index (Phi) is 4.59. The lowest BCUT2D eigenvalue weighted by Gasteiger charge is -2.36. The van der Waals surface area contributed by atoms with E-state index < -0.39 is 29.7 Å². The molecule has 0 amide bonds. The smallest absolute Gasteiger partial charge is 0.199 e. The van der Waals surface area contributed by atoms with Crippen LogP contribution in [0.4, 0.5) is 0 Å². The number of sulfone groups is 2. The quantitative estimate of drug-likeness (QED) is 0.704. The molecule has 0 unspecified atom stereocenters. The summed E-state index contributed by atoms with van der Waals surface area (Å²) in [5.41, 5.74) is 0.667. The monoisotopic (exact) mass is 414 g/mol. The van der Waals surface area contributed by atoms with Gasteiger partial charge in [-0.25, -0.2) is 16.8 Å². The second-order valence-electron chi connectivity index (χ2n) is 7.42. The molecule has 2 aromatic rings. The highest BCUT2D eigenvalue weighted by Gasteiger charge is 2.66. The maximum atomic E-state index is 13.9. The zero-order chi connectivity index (χ0) is 20.0. The largest absolute Gasteiger partial charge is 0.222 e. The van der Waals surface area contributed by atoms with Crippen LogP contribution in [-0.2, 0) is 19.7 Å². The fourth-order valence-electron chi connectivity index (χ4n) is 4.64. The Balaban J connectivity index is 2.04. The third-order valence-corrected chi connectivity index (χ3v) is 11.8. The van der Waals surface area contributed by atoms with Crippen LogP contribution in [0.15, 0.2) is 94.8 Å². The van der Waals surface area contributed by atoms with Gasteiger partial charge in [-0.15, -0.1) is 0 Å². The van der Waals surface area contributed by atoms with E-state index in [2.05, 4.69) is 6.58 Å². The van der Waals surface area contributed by atoms with E-state index in [1.165, 1.54) is 24.3 Å². The molecule has 0 N–H and O–H groups in total. The van der Waals surface area contributed by atoms with Gasteiger partial charge in [-0.3, -0.25) is 0 Å². The van der Waals surface area contributed by atoms with Crippen molar-refractivity contribution in [1.82, 2.24) is 0 Å². The summed E-state index contributed by atoms with van der Waals surface area (Å²) in [5.74, 6) is -0.800. The molecule has 28 heavy (non-hydrogen) atoms. The molecule has 146 valence electrons. The first-order valence-electron chi connectivity index (χ1n) is 9.26. The normalized spacial score (nSPS) is 24.1. The molecule has 2 aromatic carbocycles. The molecule has 0 spiro atoms. The van der Waals surface area contributed by atoms with E-state index in [9.17, 15) is 16.8 Å². The van der Waals surface area contributed by atoms with Gasteiger partial charge in [-0.2, -0.15) is 0 Å². The third-order valence-electron chi connectivity index (χ3n) is 5.95. The van der Waals surface area contributed by atoms with Crippen molar-refractivity contribution >= 4 is 19.7 Å². The van der Waals surface area contributed by atoms with Crippen LogP contribution in [0, 0.1) is 11.8 Å². The molecule has 0 saturated heterocycles. The molecule has 0 aliphatic heterocycles. The van der Waals surface area contributed by atoms with E-state index >= 15 is 0 Å². The van der Waals surface area contributed by atoms with E-state index in [-0.39, 0.29) is 22.1 Å². The Hall–Kier alpha value is -2.18. The summed E-state index contributed by atoms with van der Waals surface area (Å²) >= 11 is 0. The molecule has 6 heteroatoms. The van der Waals surface area contributed by atoms with E-state index in [0.717, 1.165) is 0 Å². The molecule has 0 bridgehead atoms. The predicted molar refractivity (Wildman–Crippen MR) is 109 cm³/mol. The van der Waals surface area contributed by atoms with E-state index in [0.29, 0.717) is 18.4 Å². The summed E-state index contributed by atoms with van der Waals surface area (Å²) in [6, 6.07) is 15.8. The van der Waals surface area contributed by atoms with Gasteiger partial charge in [0, 0.05) is 18.3 Å². The van der Waals surface area contributed by atoms with Gasteiger partial charge in [0.1, 0.15) is 0 Å². The van der Waals surface area contributed by atoms with Crippen LogP contribution in [-0.4, -0.2) is 20.9 Å². The number of benzene rings is 2. The van der Waals surface area contributed by atoms with Gasteiger partial charge in [0.2, 0.25) is 0 Å². The lowest BCUT2D eigenvalue weighted by Crippen LogP contribution is -2.50. The van der Waals surface area contributed by atoms with E-state index in [1.54, 1.807) is 36.4 Å². The van der Waals surface area contributed by atoms with Gasteiger partial charge in [-0.05, 0) is 37.1 Å². The molecule has 2 atom stereocenters. The molecule has 0 aromatic heterocycles. The van der Waals surface area contributed by atoms with E-state index in [1.807, 2.05) is 12.2 Å². The van der Waals surface area contributed by atoms with Crippen molar-refractivity contribution in [1.29, 1.82) is 0 Å². The van der Waals surface area contributed by atoms with Gasteiger partial charge in [0.15, 0.2) is 23.8 Å². The van der Waals surface area contributed by atoms with Crippen LogP contribution in [0.5, 0.6) is 0 Å². The number of allylic oxidation sites excluding steroid dienone is 3. The molecular formula is C22H22O4S2. The molecule has 4 nitrogen and oxygen atoms in total. The highest BCUT2D eigenvalue weighted by Crippen LogP contribution is 2.57. The molecular weight excluding hydrogens is 392 g/mol. The van der Waals surface area contributed by atoms with Crippen LogP contribution >= 0.6 is 0 Å². The first kappa shape index (κ1) is 19.2. The van der Waals surface area contributed by atoms with Crippen LogP contribution < -0.4 is 0 Å². The topological polar surface area (TPSA) is 68.3 Å². The summed E-state index contributed by atoms with van der Waals surface area (Å²) in [6.07, 6.45) is 5.00. The zero-order valence-corrected chi connectivity index (χ0v) is 17.0. The fourth-order valence-corrected chi connectivity index (χ4v) is 10.3. The van der Waals surface area contributed by atoms with Crippen molar-refractivity contribution in [2.45, 2.75) is 33.1 Å². The minimum atomic E-state index is -4.19. The number of rotatable bonds is 4. The van der Waals surface area contributed by atoms with Crippen molar-refractivity contribution in [2.75, 3.05) is 0 Å². The Bertz CT molecular complexity index is 1060. The second kappa shape index (κ2) is 6.71. The Labute approximate surface area is 166 Å². The first-order valence-corrected chi connectivity index (χ1v) is 12.2. The van der Waals surface area contributed by atoms with Crippen LogP contribution in [0.1, 0.15) is 19.3 Å². The summed E-state index contributed by atoms with van der Waals surface area (Å²) < 4.78 is 53.8. The number of hydrogen-bond donors (Lipinski definition) is 0. The summed E-state index contributed by atoms with van der Waals surface area (Å²) in [5, 5.41) is 0. The molecule has 1 saturated carbocycles. The zero-order valence-electron chi connectivity index (χ0n) is 15.4. The van der Waals surface area contributed by atoms with Crippen LogP contribution in [0.25, 0.3) is 0 Å². The Morgan fingerprint density at radius 1 is 0.821 bits per heavy atom. The molecule has 2 aliphatic rings. The second-order valence-corrected chi connectivity index (χ2v) is 12.1. The van der Waals surface area contributed by atoms with E-state index in [4.69, 9.17) is 0 Å². The molecule has 0 heterocycles. The summed E-state index contributed by atoms with van der Waals surface area (Å²) in [4.78, 5) is 0.0787. The molecule has 1 fully saturated rings. The highest BCUT2D eigenvalue weighted by molar-refractivity contribution is 8.10. The predicted octanol–water partition coefficient (Wildman–Crippen LogP) is 4.17. The highest BCUT2D eigenvalue weighted by atomic mass is 32.3. The summed E-state index contributed by atoms with van der Waals surface area (Å²) in [6.45, 7) is 4.07. The molecule has 0 radical (unpaired) electrons. The van der Waals surface area contributed by atoms with Gasteiger partial charge in [-0.1, -0.05) is 60.7 Å². The first-order chi connectivity index (χ1) is 13.3. The number of fused-ring (bicyclic) bond motifs is 1. The van der Waals surface area contributed by atoms with Crippen molar-refractivity contribution in [2.24, 2.45) is 11.8 Å². The maximum Gasteiger partial charge on any atom is 0.199 e. The molecule has 2 aliphatic carbocycles. The Morgan fingerprint density at radius 2 is 1.32 bits per heavy atom. The van der Waals surface area contributed by atoms with Crippen molar-refractivity contribution < 1.29 is 16.8 Å². The third kappa shape index (κ3) is 2.54. The van der Waals surface area contributed by atoms with Crippen LogP contribution in [0.3, 0.4) is 0 Å². The van der Waals surface area contributed by atoms with Crippen molar-refractivity contribution in [3.8, 4) is 0 Å². The SMILES string of the molecule is C=C1CC(S(=O)(=O)c2ccccc2)(S(=O)(=O)c2ccccc2)[C@@H]2CCC=C[C@H]12. The van der Waals surface area contributed by atoms with Gasteiger partial charge in [0.25, 0.3) is 0 Å². The van der Waals surface area contributed by atoms with Gasteiger partial charge >= 0.3 is 0 Å². The number of hydrogen-bond acceptors (Lipinski definition) is 4. The summed E-state index contributed by atoms with van der Waals surface area (Å²) in [7, 11) is -8.38. The minimum Gasteiger partial charge on any atom is -0.222 e. The fraction of sp³-hybridized carbons (Fsp3) is 0.273.